The van der Waals surface area contributed by atoms with Crippen LogP contribution in [0, 0.1) is 13.8 Å². The van der Waals surface area contributed by atoms with Crippen molar-refractivity contribution in [2.75, 3.05) is 18.0 Å². The molecular weight excluding hydrogens is 202 g/mol. The number of rotatable bonds is 5. The first kappa shape index (κ1) is 12.6. The zero-order valence-electron chi connectivity index (χ0n) is 10.2. The van der Waals surface area contributed by atoms with Crippen LogP contribution >= 0.6 is 0 Å². The molecule has 0 fully saturated rings. The number of aliphatic carboxylic acids is 1. The topological polar surface area (TPSA) is 40.5 Å². The highest BCUT2D eigenvalue weighted by Crippen LogP contribution is 2.18. The van der Waals surface area contributed by atoms with Crippen LogP contribution in [0.25, 0.3) is 0 Å². The molecule has 1 aromatic rings. The summed E-state index contributed by atoms with van der Waals surface area (Å²) >= 11 is 0. The molecule has 16 heavy (non-hydrogen) atoms. The van der Waals surface area contributed by atoms with Gasteiger partial charge in [0.1, 0.15) is 6.54 Å². The summed E-state index contributed by atoms with van der Waals surface area (Å²) in [6, 6.07) is 6.07. The lowest BCUT2D eigenvalue weighted by atomic mass is 10.1. The van der Waals surface area contributed by atoms with Crippen LogP contribution in [0.1, 0.15) is 24.5 Å². The molecule has 1 aromatic carbocycles. The Hall–Kier alpha value is -1.51. The van der Waals surface area contributed by atoms with Gasteiger partial charge in [-0.1, -0.05) is 13.0 Å². The van der Waals surface area contributed by atoms with E-state index < -0.39 is 5.97 Å². The van der Waals surface area contributed by atoms with Gasteiger partial charge in [0.25, 0.3) is 0 Å². The Morgan fingerprint density at radius 3 is 2.50 bits per heavy atom. The first-order valence-corrected chi connectivity index (χ1v) is 5.58. The van der Waals surface area contributed by atoms with E-state index in [1.54, 1.807) is 0 Å². The number of benzene rings is 1. The van der Waals surface area contributed by atoms with Crippen molar-refractivity contribution >= 4 is 11.7 Å². The summed E-state index contributed by atoms with van der Waals surface area (Å²) in [5, 5.41) is 8.85. The molecule has 0 aliphatic rings. The number of anilines is 1. The summed E-state index contributed by atoms with van der Waals surface area (Å²) in [5.41, 5.74) is 3.42. The van der Waals surface area contributed by atoms with Crippen LogP contribution in [0.3, 0.4) is 0 Å². The molecule has 3 nitrogen and oxygen atoms in total. The molecule has 0 atom stereocenters. The summed E-state index contributed by atoms with van der Waals surface area (Å²) in [6.45, 7) is 6.99. The summed E-state index contributed by atoms with van der Waals surface area (Å²) in [4.78, 5) is 12.7. The van der Waals surface area contributed by atoms with Crippen molar-refractivity contribution in [2.45, 2.75) is 27.2 Å². The van der Waals surface area contributed by atoms with Crippen molar-refractivity contribution in [1.82, 2.24) is 0 Å². The molecule has 0 amide bonds. The number of carboxylic acid groups (broad SMARTS) is 1. The number of carboxylic acids is 1. The maximum absolute atomic E-state index is 10.8. The highest BCUT2D eigenvalue weighted by atomic mass is 16.4. The molecular formula is C13H19NO2. The van der Waals surface area contributed by atoms with Crippen molar-refractivity contribution in [3.8, 4) is 0 Å². The Bertz CT molecular complexity index is 374. The monoisotopic (exact) mass is 221 g/mol. The molecule has 88 valence electrons. The molecule has 0 aromatic heterocycles. The maximum Gasteiger partial charge on any atom is 0.323 e. The van der Waals surface area contributed by atoms with E-state index in [4.69, 9.17) is 5.11 Å². The Labute approximate surface area is 96.7 Å². The normalized spacial score (nSPS) is 10.2. The Balaban J connectivity index is 2.91. The van der Waals surface area contributed by atoms with Crippen LogP contribution in [0.2, 0.25) is 0 Å². The van der Waals surface area contributed by atoms with E-state index in [0.717, 1.165) is 18.7 Å². The molecule has 0 bridgehead atoms. The van der Waals surface area contributed by atoms with Crippen LogP contribution in [0.4, 0.5) is 5.69 Å². The van der Waals surface area contributed by atoms with Crippen LogP contribution in [-0.2, 0) is 4.79 Å². The van der Waals surface area contributed by atoms with Crippen molar-refractivity contribution in [1.29, 1.82) is 0 Å². The molecule has 0 radical (unpaired) electrons. The van der Waals surface area contributed by atoms with E-state index >= 15 is 0 Å². The van der Waals surface area contributed by atoms with Gasteiger partial charge in [-0.25, -0.2) is 0 Å². The summed E-state index contributed by atoms with van der Waals surface area (Å²) in [7, 11) is 0. The third-order valence-corrected chi connectivity index (χ3v) is 2.68. The van der Waals surface area contributed by atoms with Gasteiger partial charge in [-0.15, -0.1) is 0 Å². The van der Waals surface area contributed by atoms with Gasteiger partial charge in [0.15, 0.2) is 0 Å². The summed E-state index contributed by atoms with van der Waals surface area (Å²) in [5.74, 6) is -0.785. The standard InChI is InChI=1S/C13H19NO2/c1-4-7-14(9-13(15)16)12-6-5-10(2)11(3)8-12/h5-6,8H,4,7,9H2,1-3H3,(H,15,16). The zero-order valence-corrected chi connectivity index (χ0v) is 10.2. The molecule has 0 heterocycles. The molecule has 1 rings (SSSR count). The molecule has 3 heteroatoms. The maximum atomic E-state index is 10.8. The second-order valence-electron chi connectivity index (χ2n) is 4.08. The van der Waals surface area contributed by atoms with E-state index in [1.165, 1.54) is 11.1 Å². The summed E-state index contributed by atoms with van der Waals surface area (Å²) < 4.78 is 0. The van der Waals surface area contributed by atoms with Crippen molar-refractivity contribution in [3.05, 3.63) is 29.3 Å². The predicted octanol–water partition coefficient (Wildman–Crippen LogP) is 2.60. The van der Waals surface area contributed by atoms with E-state index in [-0.39, 0.29) is 6.54 Å². The number of carbonyl (C=O) groups is 1. The fourth-order valence-corrected chi connectivity index (χ4v) is 1.65. The van der Waals surface area contributed by atoms with Crippen molar-refractivity contribution in [2.24, 2.45) is 0 Å². The fourth-order valence-electron chi connectivity index (χ4n) is 1.65. The van der Waals surface area contributed by atoms with Gasteiger partial charge in [0, 0.05) is 12.2 Å². The van der Waals surface area contributed by atoms with Gasteiger partial charge in [-0.05, 0) is 43.5 Å². The van der Waals surface area contributed by atoms with Crippen LogP contribution in [-0.4, -0.2) is 24.2 Å². The number of aryl methyl sites for hydroxylation is 2. The van der Waals surface area contributed by atoms with E-state index in [0.29, 0.717) is 0 Å². The van der Waals surface area contributed by atoms with Crippen LogP contribution in [0.5, 0.6) is 0 Å². The van der Waals surface area contributed by atoms with Gasteiger partial charge < -0.3 is 10.0 Å². The zero-order chi connectivity index (χ0) is 12.1. The lowest BCUT2D eigenvalue weighted by Crippen LogP contribution is -2.30. The molecule has 0 saturated carbocycles. The number of nitrogens with zero attached hydrogens (tertiary/aromatic N) is 1. The smallest absolute Gasteiger partial charge is 0.323 e. The van der Waals surface area contributed by atoms with Crippen LogP contribution < -0.4 is 4.90 Å². The Morgan fingerprint density at radius 1 is 1.31 bits per heavy atom. The minimum absolute atomic E-state index is 0.0658. The van der Waals surface area contributed by atoms with Crippen molar-refractivity contribution in [3.63, 3.8) is 0 Å². The highest BCUT2D eigenvalue weighted by molar-refractivity contribution is 5.73. The van der Waals surface area contributed by atoms with Gasteiger partial charge in [-0.2, -0.15) is 0 Å². The lowest BCUT2D eigenvalue weighted by Gasteiger charge is -2.23. The average Bonchev–Trinajstić information content (AvgIpc) is 2.21. The second-order valence-corrected chi connectivity index (χ2v) is 4.08. The Kier molecular flexibility index (Phi) is 4.35. The number of hydrogen-bond acceptors (Lipinski definition) is 2. The molecule has 0 saturated heterocycles. The van der Waals surface area contributed by atoms with E-state index in [1.807, 2.05) is 30.0 Å². The molecule has 0 unspecified atom stereocenters. The van der Waals surface area contributed by atoms with E-state index in [2.05, 4.69) is 13.8 Å². The van der Waals surface area contributed by atoms with Gasteiger partial charge in [-0.3, -0.25) is 4.79 Å². The minimum Gasteiger partial charge on any atom is -0.480 e. The quantitative estimate of drug-likeness (QED) is 0.830. The lowest BCUT2D eigenvalue weighted by molar-refractivity contribution is -0.135. The second kappa shape index (κ2) is 5.54. The van der Waals surface area contributed by atoms with Gasteiger partial charge in [0.2, 0.25) is 0 Å². The summed E-state index contributed by atoms with van der Waals surface area (Å²) in [6.07, 6.45) is 0.945. The molecule has 0 aliphatic carbocycles. The van der Waals surface area contributed by atoms with Crippen molar-refractivity contribution < 1.29 is 9.90 Å². The third kappa shape index (κ3) is 3.26. The molecule has 0 aliphatic heterocycles. The Morgan fingerprint density at radius 2 is 2.00 bits per heavy atom. The minimum atomic E-state index is -0.785. The molecule has 1 N–H and O–H groups in total. The molecule has 0 spiro atoms. The third-order valence-electron chi connectivity index (χ3n) is 2.68. The first-order chi connectivity index (χ1) is 7.54. The fraction of sp³-hybridized carbons (Fsp3) is 0.462. The van der Waals surface area contributed by atoms with E-state index in [9.17, 15) is 4.79 Å². The predicted molar refractivity (Wildman–Crippen MR) is 66.1 cm³/mol. The SMILES string of the molecule is CCCN(CC(=O)O)c1ccc(C)c(C)c1. The van der Waals surface area contributed by atoms with Crippen LogP contribution in [0.15, 0.2) is 18.2 Å². The average molecular weight is 221 g/mol. The van der Waals surface area contributed by atoms with Gasteiger partial charge in [0.05, 0.1) is 0 Å². The van der Waals surface area contributed by atoms with Gasteiger partial charge >= 0.3 is 5.97 Å². The largest absolute Gasteiger partial charge is 0.480 e. The first-order valence-electron chi connectivity index (χ1n) is 5.58. The number of hydrogen-bond donors (Lipinski definition) is 1. The highest BCUT2D eigenvalue weighted by Gasteiger charge is 2.10.